The highest BCUT2D eigenvalue weighted by Crippen LogP contribution is 2.35. The van der Waals surface area contributed by atoms with E-state index in [9.17, 15) is 9.90 Å². The van der Waals surface area contributed by atoms with E-state index in [4.69, 9.17) is 4.74 Å². The summed E-state index contributed by atoms with van der Waals surface area (Å²) in [6.07, 6.45) is 0. The molecular formula is C12H17BrN2O3. The zero-order valence-electron chi connectivity index (χ0n) is 10.4. The fourth-order valence-electron chi connectivity index (χ4n) is 1.44. The molecule has 6 heteroatoms. The maximum Gasteiger partial charge on any atom is 0.216 e. The predicted octanol–water partition coefficient (Wildman–Crippen LogP) is 1.39. The number of benzene rings is 1. The van der Waals surface area contributed by atoms with Crippen molar-refractivity contribution in [3.8, 4) is 11.5 Å². The molecule has 0 unspecified atom stereocenters. The van der Waals surface area contributed by atoms with Gasteiger partial charge >= 0.3 is 0 Å². The van der Waals surface area contributed by atoms with Gasteiger partial charge in [-0.15, -0.1) is 0 Å². The minimum Gasteiger partial charge on any atom is -0.503 e. The van der Waals surface area contributed by atoms with Crippen LogP contribution in [0.1, 0.15) is 12.5 Å². The topological polar surface area (TPSA) is 70.6 Å². The van der Waals surface area contributed by atoms with Crippen LogP contribution < -0.4 is 15.4 Å². The molecule has 0 saturated carbocycles. The molecule has 0 aromatic heterocycles. The number of ether oxygens (including phenoxy) is 1. The monoisotopic (exact) mass is 316 g/mol. The predicted molar refractivity (Wildman–Crippen MR) is 72.7 cm³/mol. The summed E-state index contributed by atoms with van der Waals surface area (Å²) in [6.45, 7) is 3.39. The van der Waals surface area contributed by atoms with Crippen LogP contribution in [0.4, 0.5) is 0 Å². The minimum atomic E-state index is -0.0363. The molecule has 1 aromatic carbocycles. The lowest BCUT2D eigenvalue weighted by molar-refractivity contribution is -0.118. The van der Waals surface area contributed by atoms with E-state index < -0.39 is 0 Å². The molecule has 0 fully saturated rings. The van der Waals surface area contributed by atoms with Gasteiger partial charge in [-0.3, -0.25) is 4.79 Å². The van der Waals surface area contributed by atoms with Crippen molar-refractivity contribution in [3.63, 3.8) is 0 Å². The van der Waals surface area contributed by atoms with Crippen LogP contribution in [0.5, 0.6) is 11.5 Å². The average Bonchev–Trinajstić information content (AvgIpc) is 2.32. The number of amides is 1. The second-order valence-electron chi connectivity index (χ2n) is 3.79. The van der Waals surface area contributed by atoms with Gasteiger partial charge in [0, 0.05) is 26.6 Å². The summed E-state index contributed by atoms with van der Waals surface area (Å²) in [5.74, 6) is 0.494. The summed E-state index contributed by atoms with van der Waals surface area (Å²) in [4.78, 5) is 10.7. The lowest BCUT2D eigenvalue weighted by atomic mass is 10.2. The first-order valence-electron chi connectivity index (χ1n) is 5.55. The molecule has 0 aliphatic carbocycles. The van der Waals surface area contributed by atoms with E-state index >= 15 is 0 Å². The summed E-state index contributed by atoms with van der Waals surface area (Å²) >= 11 is 3.26. The highest BCUT2D eigenvalue weighted by molar-refractivity contribution is 9.10. The molecule has 0 radical (unpaired) electrons. The van der Waals surface area contributed by atoms with Gasteiger partial charge in [-0.25, -0.2) is 0 Å². The fraction of sp³-hybridized carbons (Fsp3) is 0.417. The van der Waals surface area contributed by atoms with E-state index in [1.807, 2.05) is 6.07 Å². The number of halogens is 1. The Hall–Kier alpha value is -1.27. The average molecular weight is 317 g/mol. The van der Waals surface area contributed by atoms with Crippen molar-refractivity contribution in [1.29, 1.82) is 0 Å². The zero-order chi connectivity index (χ0) is 13.5. The molecule has 18 heavy (non-hydrogen) atoms. The minimum absolute atomic E-state index is 0.0363. The Morgan fingerprint density at radius 3 is 2.78 bits per heavy atom. The number of hydrogen-bond acceptors (Lipinski definition) is 4. The van der Waals surface area contributed by atoms with Crippen molar-refractivity contribution >= 4 is 21.8 Å². The Morgan fingerprint density at radius 2 is 2.17 bits per heavy atom. The Labute approximate surface area is 115 Å². The zero-order valence-corrected chi connectivity index (χ0v) is 12.0. The lowest BCUT2D eigenvalue weighted by Gasteiger charge is -2.10. The SMILES string of the molecule is COc1cc(CNCCNC(C)=O)cc(Br)c1O. The molecule has 3 N–H and O–H groups in total. The number of phenolic OH excluding ortho intramolecular Hbond substituents is 1. The molecule has 0 saturated heterocycles. The summed E-state index contributed by atoms with van der Waals surface area (Å²) in [5.41, 5.74) is 0.986. The van der Waals surface area contributed by atoms with Crippen molar-refractivity contribution in [2.24, 2.45) is 0 Å². The fourth-order valence-corrected chi connectivity index (χ4v) is 1.93. The van der Waals surface area contributed by atoms with Crippen molar-refractivity contribution < 1.29 is 14.6 Å². The van der Waals surface area contributed by atoms with E-state index in [1.165, 1.54) is 14.0 Å². The van der Waals surface area contributed by atoms with Gasteiger partial charge in [0.25, 0.3) is 0 Å². The van der Waals surface area contributed by atoms with Crippen molar-refractivity contribution in [2.45, 2.75) is 13.5 Å². The first-order valence-corrected chi connectivity index (χ1v) is 6.34. The maximum atomic E-state index is 10.7. The van der Waals surface area contributed by atoms with Gasteiger partial charge < -0.3 is 20.5 Å². The van der Waals surface area contributed by atoms with Crippen molar-refractivity contribution in [1.82, 2.24) is 10.6 Å². The molecule has 0 aliphatic rings. The van der Waals surface area contributed by atoms with E-state index in [0.717, 1.165) is 5.56 Å². The summed E-state index contributed by atoms with van der Waals surface area (Å²) in [7, 11) is 1.51. The highest BCUT2D eigenvalue weighted by atomic mass is 79.9. The van der Waals surface area contributed by atoms with Gasteiger partial charge in [0.1, 0.15) is 0 Å². The molecule has 1 amide bonds. The van der Waals surface area contributed by atoms with Gasteiger partial charge in [-0.05, 0) is 33.6 Å². The molecule has 100 valence electrons. The largest absolute Gasteiger partial charge is 0.503 e. The van der Waals surface area contributed by atoms with Gasteiger partial charge in [0.2, 0.25) is 5.91 Å². The Morgan fingerprint density at radius 1 is 1.44 bits per heavy atom. The van der Waals surface area contributed by atoms with Crippen LogP contribution in [0, 0.1) is 0 Å². The Bertz CT molecular complexity index is 424. The van der Waals surface area contributed by atoms with Gasteiger partial charge in [0.05, 0.1) is 11.6 Å². The van der Waals surface area contributed by atoms with E-state index in [2.05, 4.69) is 26.6 Å². The number of carbonyl (C=O) groups is 1. The summed E-state index contributed by atoms with van der Waals surface area (Å²) < 4.78 is 5.66. The van der Waals surface area contributed by atoms with Crippen LogP contribution in [-0.4, -0.2) is 31.2 Å². The molecule has 1 aromatic rings. The Kier molecular flexibility index (Phi) is 5.94. The van der Waals surface area contributed by atoms with Gasteiger partial charge in [-0.1, -0.05) is 0 Å². The van der Waals surface area contributed by atoms with Crippen LogP contribution in [-0.2, 0) is 11.3 Å². The smallest absolute Gasteiger partial charge is 0.216 e. The highest BCUT2D eigenvalue weighted by Gasteiger charge is 2.08. The molecule has 0 bridgehead atoms. The maximum absolute atomic E-state index is 10.7. The van der Waals surface area contributed by atoms with Crippen LogP contribution in [0.3, 0.4) is 0 Å². The molecule has 1 rings (SSSR count). The van der Waals surface area contributed by atoms with E-state index in [1.54, 1.807) is 6.07 Å². The van der Waals surface area contributed by atoms with Crippen LogP contribution >= 0.6 is 15.9 Å². The second-order valence-corrected chi connectivity index (χ2v) is 4.64. The first kappa shape index (κ1) is 14.8. The Balaban J connectivity index is 2.47. The normalized spacial score (nSPS) is 10.2. The first-order chi connectivity index (χ1) is 8.54. The summed E-state index contributed by atoms with van der Waals surface area (Å²) in [6, 6.07) is 3.59. The number of methoxy groups -OCH3 is 1. The number of hydrogen-bond donors (Lipinski definition) is 3. The third-order valence-corrected chi connectivity index (χ3v) is 2.92. The number of aromatic hydroxyl groups is 1. The van der Waals surface area contributed by atoms with Crippen LogP contribution in [0.25, 0.3) is 0 Å². The second kappa shape index (κ2) is 7.23. The van der Waals surface area contributed by atoms with Crippen molar-refractivity contribution in [3.05, 3.63) is 22.2 Å². The van der Waals surface area contributed by atoms with Gasteiger partial charge in [0.15, 0.2) is 11.5 Å². The van der Waals surface area contributed by atoms with Crippen LogP contribution in [0.2, 0.25) is 0 Å². The van der Waals surface area contributed by atoms with E-state index in [0.29, 0.717) is 29.9 Å². The van der Waals surface area contributed by atoms with Crippen LogP contribution in [0.15, 0.2) is 16.6 Å². The molecule has 0 atom stereocenters. The number of carbonyl (C=O) groups excluding carboxylic acids is 1. The molecular weight excluding hydrogens is 300 g/mol. The number of nitrogens with one attached hydrogen (secondary N) is 2. The summed E-state index contributed by atoms with van der Waals surface area (Å²) in [5, 5.41) is 15.5. The van der Waals surface area contributed by atoms with E-state index in [-0.39, 0.29) is 11.7 Å². The molecule has 0 aliphatic heterocycles. The number of phenols is 1. The van der Waals surface area contributed by atoms with Crippen molar-refractivity contribution in [2.75, 3.05) is 20.2 Å². The third-order valence-electron chi connectivity index (χ3n) is 2.31. The lowest BCUT2D eigenvalue weighted by Crippen LogP contribution is -2.29. The number of rotatable bonds is 6. The third kappa shape index (κ3) is 4.54. The molecule has 0 heterocycles. The molecule has 0 spiro atoms. The van der Waals surface area contributed by atoms with Gasteiger partial charge in [-0.2, -0.15) is 0 Å². The standard InChI is InChI=1S/C12H17BrN2O3/c1-8(16)15-4-3-14-7-9-5-10(13)12(17)11(6-9)18-2/h5-6,14,17H,3-4,7H2,1-2H3,(H,15,16). The quantitative estimate of drug-likeness (QED) is 0.694. The molecule has 5 nitrogen and oxygen atoms in total.